The summed E-state index contributed by atoms with van der Waals surface area (Å²) in [6.45, 7) is 24.8. The maximum absolute atomic E-state index is 6.13. The molecule has 0 aromatic carbocycles. The molecule has 0 radical (unpaired) electrons. The van der Waals surface area contributed by atoms with Crippen molar-refractivity contribution in [2.75, 3.05) is 6.54 Å². The molecule has 0 saturated heterocycles. The molecule has 0 fully saturated rings. The summed E-state index contributed by atoms with van der Waals surface area (Å²) in [6, 6.07) is 0.109. The molecule has 0 bridgehead atoms. The first-order chi connectivity index (χ1) is 11.2. The SMILES string of the molecule is C=CC1=C(C=C)C2(C=CNCC2)CC1N.CC.CC.CC.CC. The summed E-state index contributed by atoms with van der Waals surface area (Å²) in [4.78, 5) is 0. The summed E-state index contributed by atoms with van der Waals surface area (Å²) in [5.41, 5.74) is 8.67. The van der Waals surface area contributed by atoms with Gasteiger partial charge in [-0.1, -0.05) is 86.8 Å². The minimum absolute atomic E-state index is 0.107. The van der Waals surface area contributed by atoms with Gasteiger partial charge in [0, 0.05) is 18.0 Å². The largest absolute Gasteiger partial charge is 0.391 e. The van der Waals surface area contributed by atoms with E-state index in [1.807, 2.05) is 73.7 Å². The van der Waals surface area contributed by atoms with Gasteiger partial charge in [0.15, 0.2) is 0 Å². The second kappa shape index (κ2) is 17.1. The molecular weight excluding hydrogens is 280 g/mol. The first-order valence-corrected chi connectivity index (χ1v) is 9.40. The predicted octanol–water partition coefficient (Wildman–Crippen LogP) is 5.98. The molecule has 0 aromatic rings. The first kappa shape index (κ1) is 26.6. The summed E-state index contributed by atoms with van der Waals surface area (Å²) in [5.74, 6) is 0. The van der Waals surface area contributed by atoms with Crippen LogP contribution in [0.2, 0.25) is 0 Å². The third kappa shape index (κ3) is 7.22. The lowest BCUT2D eigenvalue weighted by atomic mass is 9.76. The number of rotatable bonds is 2. The molecule has 2 aliphatic rings. The molecule has 1 aliphatic heterocycles. The minimum atomic E-state index is 0.107. The van der Waals surface area contributed by atoms with Crippen LogP contribution in [0.15, 0.2) is 48.7 Å². The standard InChI is InChI=1S/C13H18N2.4C2H6/c1-3-10-11(4-2)13(9-12(10)14)5-7-15-8-6-13;4*1-2/h3-5,7,12,15H,1-2,6,8-9,14H2;4*1-2H3. The normalized spacial score (nSPS) is 23.4. The molecule has 0 aromatic heterocycles. The highest BCUT2D eigenvalue weighted by molar-refractivity contribution is 5.48. The highest BCUT2D eigenvalue weighted by atomic mass is 14.8. The van der Waals surface area contributed by atoms with Crippen molar-refractivity contribution in [1.29, 1.82) is 0 Å². The Morgan fingerprint density at radius 1 is 1.04 bits per heavy atom. The zero-order valence-electron chi connectivity index (χ0n) is 17.0. The lowest BCUT2D eigenvalue weighted by molar-refractivity contribution is 0.388. The van der Waals surface area contributed by atoms with Crippen molar-refractivity contribution in [2.24, 2.45) is 11.1 Å². The molecule has 136 valence electrons. The molecule has 2 heteroatoms. The van der Waals surface area contributed by atoms with E-state index >= 15 is 0 Å². The fourth-order valence-corrected chi connectivity index (χ4v) is 2.76. The Hall–Kier alpha value is -1.28. The Labute approximate surface area is 146 Å². The van der Waals surface area contributed by atoms with Crippen molar-refractivity contribution < 1.29 is 0 Å². The maximum Gasteiger partial charge on any atom is 0.0309 e. The third-order valence-electron chi connectivity index (χ3n) is 3.49. The van der Waals surface area contributed by atoms with Crippen LogP contribution in [0.1, 0.15) is 68.2 Å². The second-order valence-electron chi connectivity index (χ2n) is 4.28. The van der Waals surface area contributed by atoms with E-state index in [0.29, 0.717) is 0 Å². The zero-order valence-corrected chi connectivity index (χ0v) is 17.0. The monoisotopic (exact) mass is 322 g/mol. The van der Waals surface area contributed by atoms with E-state index in [4.69, 9.17) is 5.73 Å². The molecule has 3 N–H and O–H groups in total. The van der Waals surface area contributed by atoms with Gasteiger partial charge in [0.25, 0.3) is 0 Å². The highest BCUT2D eigenvalue weighted by Crippen LogP contribution is 2.47. The van der Waals surface area contributed by atoms with Crippen molar-refractivity contribution in [3.05, 3.63) is 48.7 Å². The average molecular weight is 323 g/mol. The smallest absolute Gasteiger partial charge is 0.0309 e. The van der Waals surface area contributed by atoms with Gasteiger partial charge in [0.2, 0.25) is 0 Å². The van der Waals surface area contributed by atoms with Gasteiger partial charge < -0.3 is 11.1 Å². The van der Waals surface area contributed by atoms with E-state index in [1.54, 1.807) is 0 Å². The Balaban J connectivity index is -0.000000438. The molecule has 2 unspecified atom stereocenters. The molecule has 2 atom stereocenters. The highest BCUT2D eigenvalue weighted by Gasteiger charge is 2.40. The summed E-state index contributed by atoms with van der Waals surface area (Å²) < 4.78 is 0. The number of allylic oxidation sites excluding steroid dienone is 3. The molecule has 1 aliphatic carbocycles. The summed E-state index contributed by atoms with van der Waals surface area (Å²) >= 11 is 0. The van der Waals surface area contributed by atoms with Gasteiger partial charge >= 0.3 is 0 Å². The number of hydrogen-bond donors (Lipinski definition) is 2. The summed E-state index contributed by atoms with van der Waals surface area (Å²) in [5, 5.41) is 3.22. The van der Waals surface area contributed by atoms with E-state index in [2.05, 4.69) is 24.6 Å². The van der Waals surface area contributed by atoms with Crippen LogP contribution < -0.4 is 11.1 Å². The molecule has 1 spiro atoms. The average Bonchev–Trinajstić information content (AvgIpc) is 2.92. The first-order valence-electron chi connectivity index (χ1n) is 9.40. The topological polar surface area (TPSA) is 38.0 Å². The molecule has 0 amide bonds. The van der Waals surface area contributed by atoms with Crippen LogP contribution in [-0.2, 0) is 0 Å². The van der Waals surface area contributed by atoms with Crippen molar-refractivity contribution in [2.45, 2.75) is 74.3 Å². The van der Waals surface area contributed by atoms with Gasteiger partial charge in [-0.3, -0.25) is 0 Å². The Morgan fingerprint density at radius 2 is 1.57 bits per heavy atom. The Bertz CT molecular complexity index is 353. The molecule has 1 heterocycles. The van der Waals surface area contributed by atoms with Crippen LogP contribution >= 0.6 is 0 Å². The molecule has 2 nitrogen and oxygen atoms in total. The minimum Gasteiger partial charge on any atom is -0.391 e. The lowest BCUT2D eigenvalue weighted by Gasteiger charge is -2.31. The molecule has 0 saturated carbocycles. The van der Waals surface area contributed by atoms with Crippen molar-refractivity contribution in [3.8, 4) is 0 Å². The van der Waals surface area contributed by atoms with Gasteiger partial charge in [0.05, 0.1) is 0 Å². The number of nitrogens with one attached hydrogen (secondary N) is 1. The number of hydrogen-bond acceptors (Lipinski definition) is 2. The van der Waals surface area contributed by atoms with Gasteiger partial charge in [-0.2, -0.15) is 0 Å². The van der Waals surface area contributed by atoms with Crippen LogP contribution in [-0.4, -0.2) is 12.6 Å². The summed E-state index contributed by atoms with van der Waals surface area (Å²) in [6.07, 6.45) is 10.2. The van der Waals surface area contributed by atoms with E-state index < -0.39 is 0 Å². The summed E-state index contributed by atoms with van der Waals surface area (Å²) in [7, 11) is 0. The third-order valence-corrected chi connectivity index (χ3v) is 3.49. The van der Waals surface area contributed by atoms with Crippen molar-refractivity contribution in [3.63, 3.8) is 0 Å². The number of nitrogens with two attached hydrogens (primary N) is 1. The van der Waals surface area contributed by atoms with Crippen LogP contribution in [0, 0.1) is 5.41 Å². The fraction of sp³-hybridized carbons (Fsp3) is 0.619. The maximum atomic E-state index is 6.13. The molecule has 2 rings (SSSR count). The van der Waals surface area contributed by atoms with Crippen LogP contribution in [0.3, 0.4) is 0 Å². The Morgan fingerprint density at radius 3 is 1.91 bits per heavy atom. The van der Waals surface area contributed by atoms with E-state index in [9.17, 15) is 0 Å². The van der Waals surface area contributed by atoms with Gasteiger partial charge in [0.1, 0.15) is 0 Å². The van der Waals surface area contributed by atoms with Crippen LogP contribution in [0.5, 0.6) is 0 Å². The molecular formula is C21H42N2. The van der Waals surface area contributed by atoms with E-state index in [1.165, 1.54) is 5.57 Å². The van der Waals surface area contributed by atoms with Gasteiger partial charge in [-0.05, 0) is 30.2 Å². The van der Waals surface area contributed by atoms with E-state index in [0.717, 1.165) is 25.0 Å². The van der Waals surface area contributed by atoms with Crippen molar-refractivity contribution in [1.82, 2.24) is 5.32 Å². The lowest BCUT2D eigenvalue weighted by Crippen LogP contribution is -2.30. The van der Waals surface area contributed by atoms with Crippen LogP contribution in [0.4, 0.5) is 0 Å². The van der Waals surface area contributed by atoms with E-state index in [-0.39, 0.29) is 11.5 Å². The predicted molar refractivity (Wildman–Crippen MR) is 110 cm³/mol. The molecule has 23 heavy (non-hydrogen) atoms. The quantitative estimate of drug-likeness (QED) is 0.656. The van der Waals surface area contributed by atoms with Crippen LogP contribution in [0.25, 0.3) is 0 Å². The fourth-order valence-electron chi connectivity index (χ4n) is 2.76. The van der Waals surface area contributed by atoms with Gasteiger partial charge in [-0.15, -0.1) is 0 Å². The Kier molecular flexibility index (Phi) is 19.8. The van der Waals surface area contributed by atoms with Gasteiger partial charge in [-0.25, -0.2) is 0 Å². The zero-order chi connectivity index (χ0) is 18.9. The second-order valence-corrected chi connectivity index (χ2v) is 4.28. The van der Waals surface area contributed by atoms with Crippen molar-refractivity contribution >= 4 is 0 Å².